The number of hydrogen-bond donors (Lipinski definition) is 1. The number of hydrogen-bond acceptors (Lipinski definition) is 7. The molecule has 8 nitrogen and oxygen atoms in total. The normalized spacial score (nSPS) is 11.0. The van der Waals surface area contributed by atoms with Gasteiger partial charge in [0.15, 0.2) is 29.9 Å². The van der Waals surface area contributed by atoms with Gasteiger partial charge in [0.1, 0.15) is 5.82 Å². The Kier molecular flexibility index (Phi) is 6.74. The first-order valence-corrected chi connectivity index (χ1v) is 10.5. The number of ether oxygens (including phenoxy) is 4. The second-order valence-electron chi connectivity index (χ2n) is 7.64. The molecule has 0 aliphatic carbocycles. The van der Waals surface area contributed by atoms with Gasteiger partial charge >= 0.3 is 0 Å². The van der Waals surface area contributed by atoms with E-state index in [1.165, 1.54) is 27.4 Å². The van der Waals surface area contributed by atoms with Crippen molar-refractivity contribution in [2.75, 3.05) is 28.1 Å². The lowest BCUT2D eigenvalue weighted by Gasteiger charge is -2.13. The Morgan fingerprint density at radius 3 is 2.47 bits per heavy atom. The first-order chi connectivity index (χ1) is 16.4. The maximum Gasteiger partial charge on any atom is 0.258 e. The largest absolute Gasteiger partial charge is 0.493 e. The van der Waals surface area contributed by atoms with E-state index in [0.717, 1.165) is 11.1 Å². The number of fused-ring (bicyclic) bond motifs is 1. The van der Waals surface area contributed by atoms with E-state index in [4.69, 9.17) is 18.9 Å². The summed E-state index contributed by atoms with van der Waals surface area (Å²) < 4.78 is 35.4. The monoisotopic (exact) mass is 465 g/mol. The summed E-state index contributed by atoms with van der Waals surface area (Å²) in [4.78, 5) is 24.5. The Morgan fingerprint density at radius 1 is 1.03 bits per heavy atom. The van der Waals surface area contributed by atoms with Crippen LogP contribution in [-0.2, 0) is 11.2 Å². The van der Waals surface area contributed by atoms with Crippen LogP contribution >= 0.6 is 0 Å². The third-order valence-electron chi connectivity index (χ3n) is 5.24. The standard InChI is InChI=1S/C25H24FN3O5/c1-14-7-16(24(18(26)8-14)34-13-31-2)19-6-5-15(12-27-19)9-23-28-20-11-22(33-4)21(32-3)10-17(20)25(30)29-23/h5-8,10-12H,9,13H2,1-4H3,(H,28,29,30). The van der Waals surface area contributed by atoms with E-state index < -0.39 is 5.82 Å². The zero-order valence-electron chi connectivity index (χ0n) is 19.3. The SMILES string of the molecule is COCOc1c(F)cc(C)cc1-c1ccc(Cc2nc3cc(OC)c(OC)cc3c(=O)[nH]2)cn1. The van der Waals surface area contributed by atoms with Crippen LogP contribution in [0.25, 0.3) is 22.2 Å². The number of aromatic amines is 1. The Balaban J connectivity index is 1.64. The number of aromatic nitrogens is 3. The Bertz CT molecular complexity index is 1390. The predicted molar refractivity (Wildman–Crippen MR) is 125 cm³/mol. The van der Waals surface area contributed by atoms with Crippen molar-refractivity contribution in [3.05, 3.63) is 75.7 Å². The number of nitrogens with zero attached hydrogens (tertiary/aromatic N) is 2. The fraction of sp³-hybridized carbons (Fsp3) is 0.240. The van der Waals surface area contributed by atoms with Crippen LogP contribution in [0.1, 0.15) is 17.0 Å². The smallest absolute Gasteiger partial charge is 0.258 e. The molecule has 0 saturated carbocycles. The highest BCUT2D eigenvalue weighted by Gasteiger charge is 2.15. The molecule has 1 N–H and O–H groups in total. The van der Waals surface area contributed by atoms with Crippen LogP contribution < -0.4 is 19.8 Å². The summed E-state index contributed by atoms with van der Waals surface area (Å²) in [5.41, 5.74) is 2.86. The van der Waals surface area contributed by atoms with Gasteiger partial charge in [-0.25, -0.2) is 9.37 Å². The van der Waals surface area contributed by atoms with E-state index in [-0.39, 0.29) is 18.1 Å². The van der Waals surface area contributed by atoms with Gasteiger partial charge in [-0.05, 0) is 42.3 Å². The topological polar surface area (TPSA) is 95.6 Å². The second-order valence-corrected chi connectivity index (χ2v) is 7.64. The number of pyridine rings is 1. The van der Waals surface area contributed by atoms with E-state index in [0.29, 0.717) is 45.9 Å². The maximum absolute atomic E-state index is 14.5. The van der Waals surface area contributed by atoms with Crippen molar-refractivity contribution in [3.8, 4) is 28.5 Å². The molecule has 9 heteroatoms. The first kappa shape index (κ1) is 23.2. The van der Waals surface area contributed by atoms with E-state index in [2.05, 4.69) is 15.0 Å². The maximum atomic E-state index is 14.5. The molecule has 0 bridgehead atoms. The number of rotatable bonds is 8. The molecule has 0 amide bonds. The lowest BCUT2D eigenvalue weighted by Crippen LogP contribution is -2.12. The summed E-state index contributed by atoms with van der Waals surface area (Å²) in [7, 11) is 4.50. The van der Waals surface area contributed by atoms with Crippen molar-refractivity contribution in [1.82, 2.24) is 15.0 Å². The molecule has 0 unspecified atom stereocenters. The minimum atomic E-state index is -0.483. The number of nitrogens with one attached hydrogen (secondary N) is 1. The van der Waals surface area contributed by atoms with Gasteiger partial charge in [-0.2, -0.15) is 0 Å². The number of benzene rings is 2. The van der Waals surface area contributed by atoms with Gasteiger partial charge in [-0.3, -0.25) is 9.78 Å². The Labute approximate surface area is 195 Å². The van der Waals surface area contributed by atoms with Crippen LogP contribution in [0.5, 0.6) is 17.2 Å². The first-order valence-electron chi connectivity index (χ1n) is 10.5. The molecular weight excluding hydrogens is 441 g/mol. The van der Waals surface area contributed by atoms with E-state index >= 15 is 0 Å². The van der Waals surface area contributed by atoms with Crippen molar-refractivity contribution >= 4 is 10.9 Å². The fourth-order valence-electron chi connectivity index (χ4n) is 3.66. The highest BCUT2D eigenvalue weighted by atomic mass is 19.1. The number of aryl methyl sites for hydroxylation is 1. The highest BCUT2D eigenvalue weighted by Crippen LogP contribution is 2.33. The molecule has 4 rings (SSSR count). The van der Waals surface area contributed by atoms with Crippen molar-refractivity contribution in [2.24, 2.45) is 0 Å². The molecule has 2 aromatic carbocycles. The minimum Gasteiger partial charge on any atom is -0.493 e. The Hall–Kier alpha value is -3.98. The molecule has 0 atom stereocenters. The van der Waals surface area contributed by atoms with Gasteiger partial charge in [-0.1, -0.05) is 6.07 Å². The van der Waals surface area contributed by atoms with E-state index in [1.807, 2.05) is 6.07 Å². The van der Waals surface area contributed by atoms with Crippen LogP contribution in [0.4, 0.5) is 4.39 Å². The van der Waals surface area contributed by atoms with Crippen LogP contribution in [-0.4, -0.2) is 43.1 Å². The minimum absolute atomic E-state index is 0.0806. The van der Waals surface area contributed by atoms with Gasteiger partial charge in [0.05, 0.1) is 30.8 Å². The van der Waals surface area contributed by atoms with Crippen molar-refractivity contribution in [2.45, 2.75) is 13.3 Å². The van der Waals surface area contributed by atoms with Crippen LogP contribution in [0.2, 0.25) is 0 Å². The quantitative estimate of drug-likeness (QED) is 0.393. The molecule has 0 fully saturated rings. The molecular formula is C25H24FN3O5. The number of H-pyrrole nitrogens is 1. The molecule has 0 aliphatic rings. The van der Waals surface area contributed by atoms with Crippen molar-refractivity contribution < 1.29 is 23.3 Å². The van der Waals surface area contributed by atoms with Gasteiger partial charge in [-0.15, -0.1) is 0 Å². The highest BCUT2D eigenvalue weighted by molar-refractivity contribution is 5.81. The average Bonchev–Trinajstić information content (AvgIpc) is 2.83. The van der Waals surface area contributed by atoms with Gasteiger partial charge < -0.3 is 23.9 Å². The van der Waals surface area contributed by atoms with Crippen molar-refractivity contribution in [3.63, 3.8) is 0 Å². The average molecular weight is 465 g/mol. The molecule has 4 aromatic rings. The molecule has 34 heavy (non-hydrogen) atoms. The summed E-state index contributed by atoms with van der Waals surface area (Å²) in [5, 5.41) is 0.403. The third kappa shape index (κ3) is 4.69. The van der Waals surface area contributed by atoms with Gasteiger partial charge in [0.2, 0.25) is 0 Å². The molecule has 0 saturated heterocycles. The lowest BCUT2D eigenvalue weighted by atomic mass is 10.0. The third-order valence-corrected chi connectivity index (χ3v) is 5.24. The lowest BCUT2D eigenvalue weighted by molar-refractivity contribution is 0.0487. The van der Waals surface area contributed by atoms with Crippen LogP contribution in [0.15, 0.2) is 47.4 Å². The second kappa shape index (κ2) is 9.88. The molecule has 2 heterocycles. The van der Waals surface area contributed by atoms with Gasteiger partial charge in [0.25, 0.3) is 5.56 Å². The molecule has 0 aliphatic heterocycles. The Morgan fingerprint density at radius 2 is 1.79 bits per heavy atom. The molecule has 0 radical (unpaired) electrons. The zero-order valence-corrected chi connectivity index (χ0v) is 19.3. The van der Waals surface area contributed by atoms with Crippen LogP contribution in [0, 0.1) is 12.7 Å². The van der Waals surface area contributed by atoms with E-state index in [1.54, 1.807) is 37.4 Å². The molecule has 176 valence electrons. The van der Waals surface area contributed by atoms with Crippen molar-refractivity contribution in [1.29, 1.82) is 0 Å². The fourth-order valence-corrected chi connectivity index (χ4v) is 3.66. The molecule has 0 spiro atoms. The summed E-state index contributed by atoms with van der Waals surface area (Å²) >= 11 is 0. The zero-order chi connectivity index (χ0) is 24.2. The summed E-state index contributed by atoms with van der Waals surface area (Å²) in [6, 6.07) is 10.1. The molecule has 2 aromatic heterocycles. The van der Waals surface area contributed by atoms with E-state index in [9.17, 15) is 9.18 Å². The summed E-state index contributed by atoms with van der Waals surface area (Å²) in [5.74, 6) is 1.02. The number of halogens is 1. The summed E-state index contributed by atoms with van der Waals surface area (Å²) in [6.45, 7) is 1.72. The summed E-state index contributed by atoms with van der Waals surface area (Å²) in [6.07, 6.45) is 2.01. The van der Waals surface area contributed by atoms with Gasteiger partial charge in [0, 0.05) is 31.4 Å². The predicted octanol–water partition coefficient (Wildman–Crippen LogP) is 4.02. The van der Waals surface area contributed by atoms with Crippen LogP contribution in [0.3, 0.4) is 0 Å². The number of methoxy groups -OCH3 is 3.